The average Bonchev–Trinajstić information content (AvgIpc) is 2.37. The second kappa shape index (κ2) is 5.27. The van der Waals surface area contributed by atoms with Gasteiger partial charge in [0.15, 0.2) is 0 Å². The van der Waals surface area contributed by atoms with Crippen molar-refractivity contribution < 1.29 is 23.9 Å². The molecule has 1 heterocycles. The van der Waals surface area contributed by atoms with Gasteiger partial charge in [0.1, 0.15) is 0 Å². The molecular formula is C11H14N2O6S. The van der Waals surface area contributed by atoms with Crippen molar-refractivity contribution in [2.24, 2.45) is 0 Å². The number of anilines is 1. The monoisotopic (exact) mass is 302 g/mol. The Kier molecular flexibility index (Phi) is 3.84. The first-order valence-corrected chi connectivity index (χ1v) is 7.55. The van der Waals surface area contributed by atoms with Gasteiger partial charge in [0, 0.05) is 18.7 Å². The molecule has 3 N–H and O–H groups in total. The molecule has 0 radical (unpaired) electrons. The third kappa shape index (κ3) is 2.84. The number of nitrogens with zero attached hydrogens (tertiary/aromatic N) is 2. The molecule has 0 atom stereocenters. The Morgan fingerprint density at radius 3 is 2.55 bits per heavy atom. The summed E-state index contributed by atoms with van der Waals surface area (Å²) in [5, 5.41) is 19.8. The summed E-state index contributed by atoms with van der Waals surface area (Å²) in [7, 11) is -3.04. The number of carboxylic acids is 1. The molecule has 0 saturated carbocycles. The van der Waals surface area contributed by atoms with Crippen LogP contribution in [-0.2, 0) is 0 Å². The predicted octanol–water partition coefficient (Wildman–Crippen LogP) is 2.56. The molecule has 1 aromatic rings. The Hall–Kier alpha value is -1.84. The summed E-state index contributed by atoms with van der Waals surface area (Å²) in [6.45, 7) is 0.322. The van der Waals surface area contributed by atoms with E-state index >= 15 is 0 Å². The van der Waals surface area contributed by atoms with Crippen LogP contribution in [0.3, 0.4) is 0 Å². The Morgan fingerprint density at radius 2 is 2.00 bits per heavy atom. The van der Waals surface area contributed by atoms with E-state index in [0.717, 1.165) is 12.1 Å². The van der Waals surface area contributed by atoms with E-state index < -0.39 is 21.7 Å². The molecule has 8 nitrogen and oxygen atoms in total. The molecule has 1 saturated heterocycles. The second-order valence-electron chi connectivity index (χ2n) is 4.45. The lowest BCUT2D eigenvalue weighted by Gasteiger charge is -2.47. The predicted molar refractivity (Wildman–Crippen MR) is 74.4 cm³/mol. The van der Waals surface area contributed by atoms with Gasteiger partial charge in [-0.05, 0) is 18.9 Å². The highest BCUT2D eigenvalue weighted by molar-refractivity contribution is 8.25. The summed E-state index contributed by atoms with van der Waals surface area (Å²) in [4.78, 5) is 21.2. The van der Waals surface area contributed by atoms with Crippen LogP contribution in [0, 0.1) is 10.1 Å². The molecule has 110 valence electrons. The molecule has 1 aromatic carbocycles. The van der Waals surface area contributed by atoms with E-state index in [2.05, 4.69) is 0 Å². The van der Waals surface area contributed by atoms with Gasteiger partial charge in [-0.2, -0.15) is 0 Å². The quantitative estimate of drug-likeness (QED) is 0.579. The average molecular weight is 302 g/mol. The standard InChI is InChI=1S/C11H14N2O6S/c14-11(15)8-5-9(7-10(6-8)13(16)17)12-3-1-2-4-20(12,18)19/h5-7,18-19H,1-4H2,(H,14,15). The Bertz CT molecular complexity index is 530. The molecule has 0 unspecified atom stereocenters. The summed E-state index contributed by atoms with van der Waals surface area (Å²) in [5.41, 5.74) is -0.494. The Morgan fingerprint density at radius 1 is 1.30 bits per heavy atom. The molecule has 0 aliphatic carbocycles. The molecule has 9 heteroatoms. The van der Waals surface area contributed by atoms with Crippen LogP contribution in [0.5, 0.6) is 0 Å². The number of nitro benzene ring substituents is 1. The summed E-state index contributed by atoms with van der Waals surface area (Å²) in [6.07, 6.45) is 1.36. The van der Waals surface area contributed by atoms with Gasteiger partial charge in [-0.15, -0.1) is 10.8 Å². The molecule has 1 aliphatic heterocycles. The summed E-state index contributed by atoms with van der Waals surface area (Å²) >= 11 is 0. The zero-order valence-corrected chi connectivity index (χ0v) is 11.2. The lowest BCUT2D eigenvalue weighted by Crippen LogP contribution is -2.34. The minimum Gasteiger partial charge on any atom is -0.478 e. The fraction of sp³-hybridized carbons (Fsp3) is 0.364. The number of hydrogen-bond donors (Lipinski definition) is 3. The summed E-state index contributed by atoms with van der Waals surface area (Å²) < 4.78 is 21.2. The molecule has 1 aliphatic rings. The van der Waals surface area contributed by atoms with Crippen LogP contribution in [0.4, 0.5) is 11.4 Å². The largest absolute Gasteiger partial charge is 0.478 e. The van der Waals surface area contributed by atoms with E-state index in [9.17, 15) is 24.0 Å². The fourth-order valence-electron chi connectivity index (χ4n) is 2.07. The third-order valence-corrected chi connectivity index (χ3v) is 4.97. The van der Waals surface area contributed by atoms with Gasteiger partial charge in [0.05, 0.1) is 21.9 Å². The van der Waals surface area contributed by atoms with Gasteiger partial charge in [-0.25, -0.2) is 4.79 Å². The van der Waals surface area contributed by atoms with Crippen molar-refractivity contribution in [2.45, 2.75) is 12.8 Å². The minimum atomic E-state index is -3.04. The number of hydrogen-bond acceptors (Lipinski definition) is 6. The number of carboxylic acid groups (broad SMARTS) is 1. The maximum atomic E-state index is 11.0. The van der Waals surface area contributed by atoms with Crippen molar-refractivity contribution in [1.29, 1.82) is 0 Å². The lowest BCUT2D eigenvalue weighted by molar-refractivity contribution is -0.384. The molecule has 1 fully saturated rings. The molecule has 0 bridgehead atoms. The van der Waals surface area contributed by atoms with E-state index in [-0.39, 0.29) is 22.7 Å². The van der Waals surface area contributed by atoms with Gasteiger partial charge in [0.2, 0.25) is 0 Å². The second-order valence-corrected chi connectivity index (χ2v) is 6.56. The van der Waals surface area contributed by atoms with Crippen molar-refractivity contribution in [3.05, 3.63) is 33.9 Å². The van der Waals surface area contributed by atoms with Crippen molar-refractivity contribution in [1.82, 2.24) is 0 Å². The third-order valence-electron chi connectivity index (χ3n) is 3.03. The summed E-state index contributed by atoms with van der Waals surface area (Å²) in [5.74, 6) is -1.12. The first-order valence-electron chi connectivity index (χ1n) is 5.87. The number of carbonyl (C=O) groups is 1. The maximum absolute atomic E-state index is 11.0. The van der Waals surface area contributed by atoms with E-state index in [0.29, 0.717) is 19.4 Å². The Balaban J connectivity index is 2.49. The number of rotatable bonds is 3. The highest BCUT2D eigenvalue weighted by Crippen LogP contribution is 2.50. The zero-order valence-electron chi connectivity index (χ0n) is 10.4. The van der Waals surface area contributed by atoms with Crippen molar-refractivity contribution in [3.63, 3.8) is 0 Å². The van der Waals surface area contributed by atoms with Crippen LogP contribution in [0.25, 0.3) is 0 Å². The van der Waals surface area contributed by atoms with Crippen molar-refractivity contribution in [3.8, 4) is 0 Å². The van der Waals surface area contributed by atoms with Gasteiger partial charge in [0.25, 0.3) is 5.69 Å². The first kappa shape index (κ1) is 14.6. The maximum Gasteiger partial charge on any atom is 0.336 e. The van der Waals surface area contributed by atoms with Crippen molar-refractivity contribution >= 4 is 28.1 Å². The number of aromatic carboxylic acids is 1. The molecular weight excluding hydrogens is 288 g/mol. The van der Waals surface area contributed by atoms with Crippen LogP contribution >= 0.6 is 10.8 Å². The number of benzene rings is 1. The minimum absolute atomic E-state index is 0.149. The summed E-state index contributed by atoms with van der Waals surface area (Å²) in [6, 6.07) is 3.32. The smallest absolute Gasteiger partial charge is 0.336 e. The molecule has 0 aromatic heterocycles. The van der Waals surface area contributed by atoms with Crippen LogP contribution < -0.4 is 4.31 Å². The van der Waals surface area contributed by atoms with E-state index in [1.54, 1.807) is 0 Å². The van der Waals surface area contributed by atoms with Gasteiger partial charge in [-0.1, -0.05) is 0 Å². The molecule has 0 amide bonds. The highest BCUT2D eigenvalue weighted by atomic mass is 32.3. The molecule has 2 rings (SSSR count). The first-order chi connectivity index (χ1) is 9.31. The van der Waals surface area contributed by atoms with Crippen LogP contribution in [0.1, 0.15) is 23.2 Å². The van der Waals surface area contributed by atoms with Gasteiger partial charge < -0.3 is 5.11 Å². The van der Waals surface area contributed by atoms with Crippen LogP contribution in [-0.4, -0.2) is 37.4 Å². The SMILES string of the molecule is O=C(O)c1cc(N2CCCCS2(O)O)cc([N+](=O)[O-])c1. The fourth-order valence-corrected chi connectivity index (χ4v) is 3.75. The lowest BCUT2D eigenvalue weighted by atomic mass is 10.1. The van der Waals surface area contributed by atoms with Gasteiger partial charge in [-0.3, -0.25) is 23.5 Å². The molecule has 20 heavy (non-hydrogen) atoms. The topological polar surface area (TPSA) is 124 Å². The van der Waals surface area contributed by atoms with E-state index in [1.807, 2.05) is 0 Å². The van der Waals surface area contributed by atoms with Crippen LogP contribution in [0.15, 0.2) is 18.2 Å². The van der Waals surface area contributed by atoms with E-state index in [1.165, 1.54) is 10.4 Å². The Labute approximate surface area is 116 Å². The van der Waals surface area contributed by atoms with Crippen LogP contribution in [0.2, 0.25) is 0 Å². The molecule has 0 spiro atoms. The van der Waals surface area contributed by atoms with Gasteiger partial charge >= 0.3 is 5.97 Å². The highest BCUT2D eigenvalue weighted by Gasteiger charge is 2.28. The normalized spacial score (nSPS) is 19.4. The zero-order chi connectivity index (χ0) is 14.9. The van der Waals surface area contributed by atoms with E-state index in [4.69, 9.17) is 5.11 Å². The number of nitro groups is 1. The van der Waals surface area contributed by atoms with Crippen molar-refractivity contribution in [2.75, 3.05) is 16.6 Å². The number of non-ortho nitro benzene ring substituents is 1.